The van der Waals surface area contributed by atoms with Crippen molar-refractivity contribution in [1.82, 2.24) is 5.43 Å². The van der Waals surface area contributed by atoms with Crippen molar-refractivity contribution in [3.8, 4) is 5.75 Å². The summed E-state index contributed by atoms with van der Waals surface area (Å²) >= 11 is 1.68. The van der Waals surface area contributed by atoms with E-state index in [0.717, 1.165) is 5.56 Å². The van der Waals surface area contributed by atoms with E-state index < -0.39 is 0 Å². The summed E-state index contributed by atoms with van der Waals surface area (Å²) in [7, 11) is 0. The quantitative estimate of drug-likeness (QED) is 0.479. The van der Waals surface area contributed by atoms with Crippen molar-refractivity contribution < 1.29 is 9.53 Å². The Kier molecular flexibility index (Phi) is 6.65. The lowest BCUT2D eigenvalue weighted by Gasteiger charge is -2.19. The predicted molar refractivity (Wildman–Crippen MR) is 105 cm³/mol. The summed E-state index contributed by atoms with van der Waals surface area (Å²) in [6.07, 6.45) is 3.64. The van der Waals surface area contributed by atoms with Crippen molar-refractivity contribution in [2.45, 2.75) is 31.1 Å². The maximum absolute atomic E-state index is 11.8. The molecule has 0 unspecified atom stereocenters. The fourth-order valence-corrected chi connectivity index (χ4v) is 2.51. The number of carbonyl (C=O) groups is 1. The highest BCUT2D eigenvalue weighted by atomic mass is 32.2. The van der Waals surface area contributed by atoms with Gasteiger partial charge in [-0.1, -0.05) is 45.0 Å². The van der Waals surface area contributed by atoms with Crippen molar-refractivity contribution >= 4 is 23.9 Å². The van der Waals surface area contributed by atoms with E-state index in [1.54, 1.807) is 18.0 Å². The molecule has 0 aromatic heterocycles. The molecule has 0 saturated heterocycles. The molecule has 25 heavy (non-hydrogen) atoms. The Morgan fingerprint density at radius 1 is 1.12 bits per heavy atom. The second-order valence-corrected chi connectivity index (χ2v) is 7.51. The Hall–Kier alpha value is -2.27. The Morgan fingerprint density at radius 3 is 2.32 bits per heavy atom. The van der Waals surface area contributed by atoms with Crippen LogP contribution in [0.2, 0.25) is 0 Å². The average molecular weight is 356 g/mol. The van der Waals surface area contributed by atoms with E-state index >= 15 is 0 Å². The lowest BCUT2D eigenvalue weighted by atomic mass is 9.87. The van der Waals surface area contributed by atoms with Crippen LogP contribution in [0.25, 0.3) is 0 Å². The zero-order valence-corrected chi connectivity index (χ0v) is 15.9. The molecular formula is C20H24N2O2S. The molecule has 0 spiro atoms. The zero-order valence-electron chi connectivity index (χ0n) is 15.1. The smallest absolute Gasteiger partial charge is 0.277 e. The maximum Gasteiger partial charge on any atom is 0.277 e. The van der Waals surface area contributed by atoms with Gasteiger partial charge in [0.25, 0.3) is 5.91 Å². The minimum Gasteiger partial charge on any atom is -0.484 e. The van der Waals surface area contributed by atoms with E-state index in [-0.39, 0.29) is 17.9 Å². The largest absolute Gasteiger partial charge is 0.484 e. The minimum absolute atomic E-state index is 0.0718. The molecule has 2 aromatic rings. The van der Waals surface area contributed by atoms with Crippen LogP contribution in [0.4, 0.5) is 0 Å². The SMILES string of the molecule is CSc1ccc(/C=N/NC(=O)COc2ccc(C(C)(C)C)cc2)cc1. The van der Waals surface area contributed by atoms with E-state index in [0.29, 0.717) is 5.75 Å². The number of ether oxygens (including phenoxy) is 1. The summed E-state index contributed by atoms with van der Waals surface area (Å²) in [4.78, 5) is 13.0. The van der Waals surface area contributed by atoms with Crippen molar-refractivity contribution in [3.63, 3.8) is 0 Å². The third kappa shape index (κ3) is 6.27. The molecule has 0 aliphatic carbocycles. The van der Waals surface area contributed by atoms with E-state index in [4.69, 9.17) is 4.74 Å². The number of hydrogen-bond acceptors (Lipinski definition) is 4. The lowest BCUT2D eigenvalue weighted by Crippen LogP contribution is -2.24. The van der Waals surface area contributed by atoms with Gasteiger partial charge in [0.1, 0.15) is 5.75 Å². The van der Waals surface area contributed by atoms with Crippen molar-refractivity contribution in [3.05, 3.63) is 59.7 Å². The predicted octanol–water partition coefficient (Wildman–Crippen LogP) is 4.24. The number of amides is 1. The topological polar surface area (TPSA) is 50.7 Å². The maximum atomic E-state index is 11.8. The van der Waals surface area contributed by atoms with Gasteiger partial charge in [-0.15, -0.1) is 11.8 Å². The Labute approximate surface area is 153 Å². The molecule has 0 bridgehead atoms. The van der Waals surface area contributed by atoms with Gasteiger partial charge in [0, 0.05) is 4.90 Å². The lowest BCUT2D eigenvalue weighted by molar-refractivity contribution is -0.123. The minimum atomic E-state index is -0.295. The molecule has 4 nitrogen and oxygen atoms in total. The fourth-order valence-electron chi connectivity index (χ4n) is 2.10. The molecule has 0 radical (unpaired) electrons. The molecule has 2 rings (SSSR count). The number of nitrogens with one attached hydrogen (secondary N) is 1. The molecule has 0 fully saturated rings. The Balaban J connectivity index is 1.79. The standard InChI is InChI=1S/C20H24N2O2S/c1-20(2,3)16-7-9-17(10-8-16)24-14-19(23)22-21-13-15-5-11-18(25-4)12-6-15/h5-13H,14H2,1-4H3,(H,22,23)/b21-13+. The van der Waals surface area contributed by atoms with Gasteiger partial charge in [0.05, 0.1) is 6.21 Å². The Bertz CT molecular complexity index is 717. The molecule has 0 heterocycles. The summed E-state index contributed by atoms with van der Waals surface area (Å²) in [6, 6.07) is 15.7. The number of benzene rings is 2. The monoisotopic (exact) mass is 356 g/mol. The van der Waals surface area contributed by atoms with E-state index in [1.807, 2.05) is 54.8 Å². The van der Waals surface area contributed by atoms with Crippen LogP contribution in [0, 0.1) is 0 Å². The van der Waals surface area contributed by atoms with E-state index in [1.165, 1.54) is 10.5 Å². The summed E-state index contributed by atoms with van der Waals surface area (Å²) in [5.74, 6) is 0.372. The number of rotatable bonds is 6. The first-order valence-corrected chi connectivity index (χ1v) is 9.30. The van der Waals surface area contributed by atoms with Gasteiger partial charge in [-0.3, -0.25) is 4.79 Å². The van der Waals surface area contributed by atoms with Crippen LogP contribution in [-0.2, 0) is 10.2 Å². The van der Waals surface area contributed by atoms with E-state index in [9.17, 15) is 4.79 Å². The molecule has 132 valence electrons. The van der Waals surface area contributed by atoms with Gasteiger partial charge >= 0.3 is 0 Å². The number of thioether (sulfide) groups is 1. The fraction of sp³-hybridized carbons (Fsp3) is 0.300. The summed E-state index contributed by atoms with van der Waals surface area (Å²) in [5, 5.41) is 3.94. The zero-order chi connectivity index (χ0) is 18.3. The van der Waals surface area contributed by atoms with Gasteiger partial charge in [0.2, 0.25) is 0 Å². The van der Waals surface area contributed by atoms with Crippen LogP contribution in [0.5, 0.6) is 5.75 Å². The van der Waals surface area contributed by atoms with E-state index in [2.05, 4.69) is 31.3 Å². The molecule has 0 atom stereocenters. The van der Waals surface area contributed by atoms with Crippen LogP contribution in [0.3, 0.4) is 0 Å². The molecule has 5 heteroatoms. The number of carbonyl (C=O) groups excluding carboxylic acids is 1. The van der Waals surface area contributed by atoms with Crippen molar-refractivity contribution in [2.24, 2.45) is 5.10 Å². The molecular weight excluding hydrogens is 332 g/mol. The highest BCUT2D eigenvalue weighted by Crippen LogP contribution is 2.24. The second kappa shape index (κ2) is 8.72. The van der Waals surface area contributed by atoms with Crippen LogP contribution in [-0.4, -0.2) is 25.0 Å². The Morgan fingerprint density at radius 2 is 1.76 bits per heavy atom. The normalized spacial score (nSPS) is 11.5. The van der Waals surface area contributed by atoms with Crippen LogP contribution in [0.1, 0.15) is 31.9 Å². The van der Waals surface area contributed by atoms with Gasteiger partial charge in [-0.2, -0.15) is 5.10 Å². The number of hydrazone groups is 1. The summed E-state index contributed by atoms with van der Waals surface area (Å²) in [6.45, 7) is 6.40. The molecule has 1 N–H and O–H groups in total. The summed E-state index contributed by atoms with van der Waals surface area (Å²) < 4.78 is 5.48. The third-order valence-corrected chi connectivity index (χ3v) is 4.35. The molecule has 0 aliphatic rings. The van der Waals surface area contributed by atoms with Gasteiger partial charge in [0.15, 0.2) is 6.61 Å². The van der Waals surface area contributed by atoms with Gasteiger partial charge in [-0.05, 0) is 47.1 Å². The van der Waals surface area contributed by atoms with Crippen molar-refractivity contribution in [1.29, 1.82) is 0 Å². The highest BCUT2D eigenvalue weighted by molar-refractivity contribution is 7.98. The van der Waals surface area contributed by atoms with Gasteiger partial charge in [-0.25, -0.2) is 5.43 Å². The first-order valence-electron chi connectivity index (χ1n) is 8.08. The molecule has 0 saturated carbocycles. The molecule has 1 amide bonds. The number of hydrogen-bond donors (Lipinski definition) is 1. The molecule has 2 aromatic carbocycles. The van der Waals surface area contributed by atoms with Crippen LogP contribution in [0.15, 0.2) is 58.5 Å². The molecule has 0 aliphatic heterocycles. The van der Waals surface area contributed by atoms with Crippen molar-refractivity contribution in [2.75, 3.05) is 12.9 Å². The second-order valence-electron chi connectivity index (χ2n) is 6.63. The average Bonchev–Trinajstić information content (AvgIpc) is 2.60. The van der Waals surface area contributed by atoms with Gasteiger partial charge < -0.3 is 4.74 Å². The van der Waals surface area contributed by atoms with Crippen LogP contribution < -0.4 is 10.2 Å². The first kappa shape index (κ1) is 19.1. The summed E-state index contributed by atoms with van der Waals surface area (Å²) in [5.41, 5.74) is 4.71. The number of nitrogens with zero attached hydrogens (tertiary/aromatic N) is 1. The highest BCUT2D eigenvalue weighted by Gasteiger charge is 2.13. The third-order valence-electron chi connectivity index (χ3n) is 3.61. The van der Waals surface area contributed by atoms with Crippen LogP contribution >= 0.6 is 11.8 Å². The first-order chi connectivity index (χ1) is 11.9.